The molecule has 0 bridgehead atoms. The molecule has 1 aliphatic rings. The number of anilines is 2. The quantitative estimate of drug-likeness (QED) is 0.598. The summed E-state index contributed by atoms with van der Waals surface area (Å²) in [6.07, 6.45) is 2.86. The van der Waals surface area contributed by atoms with Gasteiger partial charge >= 0.3 is 0 Å². The molecule has 0 spiro atoms. The predicted molar refractivity (Wildman–Crippen MR) is 110 cm³/mol. The second-order valence-corrected chi connectivity index (χ2v) is 7.82. The first kappa shape index (κ1) is 16.7. The van der Waals surface area contributed by atoms with Crippen LogP contribution >= 0.6 is 27.5 Å². The molecule has 1 aromatic heterocycles. The first-order valence-corrected chi connectivity index (χ1v) is 9.59. The van der Waals surface area contributed by atoms with E-state index in [1.165, 1.54) is 11.3 Å². The first-order chi connectivity index (χ1) is 12.1. The number of aryl methyl sites for hydroxylation is 1. The topological polar surface area (TPSA) is 28.2 Å². The zero-order valence-corrected chi connectivity index (χ0v) is 16.3. The van der Waals surface area contributed by atoms with Crippen molar-refractivity contribution in [3.63, 3.8) is 0 Å². The minimum atomic E-state index is 0.411. The van der Waals surface area contributed by atoms with E-state index < -0.39 is 0 Å². The molecule has 1 fully saturated rings. The van der Waals surface area contributed by atoms with Crippen LogP contribution in [0.4, 0.5) is 11.4 Å². The highest BCUT2D eigenvalue weighted by molar-refractivity contribution is 9.10. The molecular weight excluding hydrogens is 398 g/mol. The van der Waals surface area contributed by atoms with E-state index >= 15 is 0 Å². The second-order valence-electron chi connectivity index (χ2n) is 6.56. The maximum absolute atomic E-state index is 6.26. The Bertz CT molecular complexity index is 928. The summed E-state index contributed by atoms with van der Waals surface area (Å²) < 4.78 is 1.02. The lowest BCUT2D eigenvalue weighted by molar-refractivity contribution is 0.806. The van der Waals surface area contributed by atoms with Gasteiger partial charge in [-0.3, -0.25) is 4.98 Å². The van der Waals surface area contributed by atoms with Gasteiger partial charge in [0.2, 0.25) is 0 Å². The van der Waals surface area contributed by atoms with Crippen molar-refractivity contribution in [3.8, 4) is 0 Å². The second kappa shape index (κ2) is 6.85. The van der Waals surface area contributed by atoms with Gasteiger partial charge in [-0.15, -0.1) is 0 Å². The number of rotatable bonds is 3. The molecule has 0 aliphatic carbocycles. The number of nitrogens with one attached hydrogen (secondary N) is 1. The summed E-state index contributed by atoms with van der Waals surface area (Å²) in [5, 5.41) is 5.36. The minimum Gasteiger partial charge on any atom is -0.379 e. The van der Waals surface area contributed by atoms with Crippen LogP contribution in [-0.4, -0.2) is 24.1 Å². The van der Waals surface area contributed by atoms with Gasteiger partial charge < -0.3 is 10.2 Å². The van der Waals surface area contributed by atoms with E-state index in [9.17, 15) is 0 Å². The summed E-state index contributed by atoms with van der Waals surface area (Å²) in [4.78, 5) is 6.87. The monoisotopic (exact) mass is 415 g/mol. The molecule has 3 aromatic rings. The van der Waals surface area contributed by atoms with Gasteiger partial charge in [0, 0.05) is 40.9 Å². The van der Waals surface area contributed by atoms with E-state index in [-0.39, 0.29) is 0 Å². The normalized spacial score (nSPS) is 17.2. The van der Waals surface area contributed by atoms with E-state index in [2.05, 4.69) is 68.4 Å². The van der Waals surface area contributed by atoms with E-state index in [1.807, 2.05) is 12.1 Å². The molecule has 1 saturated heterocycles. The number of pyridine rings is 1. The summed E-state index contributed by atoms with van der Waals surface area (Å²) in [6.45, 7) is 4.20. The first-order valence-electron chi connectivity index (χ1n) is 8.42. The Kier molecular flexibility index (Phi) is 4.57. The van der Waals surface area contributed by atoms with Gasteiger partial charge in [0.1, 0.15) is 0 Å². The molecule has 0 amide bonds. The minimum absolute atomic E-state index is 0.411. The number of hydrogen-bond acceptors (Lipinski definition) is 3. The van der Waals surface area contributed by atoms with E-state index in [4.69, 9.17) is 11.6 Å². The Morgan fingerprint density at radius 3 is 2.96 bits per heavy atom. The van der Waals surface area contributed by atoms with E-state index in [0.717, 1.165) is 45.6 Å². The Labute approximate surface area is 161 Å². The Morgan fingerprint density at radius 1 is 1.24 bits per heavy atom. The number of benzene rings is 2. The van der Waals surface area contributed by atoms with Crippen molar-refractivity contribution in [2.45, 2.75) is 19.4 Å². The van der Waals surface area contributed by atoms with Gasteiger partial charge in [-0.2, -0.15) is 0 Å². The van der Waals surface area contributed by atoms with Crippen molar-refractivity contribution in [3.05, 3.63) is 63.7 Å². The highest BCUT2D eigenvalue weighted by atomic mass is 79.9. The van der Waals surface area contributed by atoms with Crippen LogP contribution in [0.2, 0.25) is 5.02 Å². The molecule has 3 nitrogen and oxygen atoms in total. The van der Waals surface area contributed by atoms with Crippen LogP contribution in [0.3, 0.4) is 0 Å². The van der Waals surface area contributed by atoms with Crippen molar-refractivity contribution in [1.82, 2.24) is 4.98 Å². The summed E-state index contributed by atoms with van der Waals surface area (Å²) >= 11 is 9.93. The Hall–Kier alpha value is -1.78. The van der Waals surface area contributed by atoms with Crippen molar-refractivity contribution in [2.24, 2.45) is 0 Å². The van der Waals surface area contributed by atoms with Crippen molar-refractivity contribution in [1.29, 1.82) is 0 Å². The number of hydrogen-bond donors (Lipinski definition) is 1. The Balaban J connectivity index is 1.53. The zero-order chi connectivity index (χ0) is 17.4. The van der Waals surface area contributed by atoms with Gasteiger partial charge in [0.25, 0.3) is 0 Å². The molecule has 0 saturated carbocycles. The third kappa shape index (κ3) is 3.46. The van der Waals surface area contributed by atoms with Crippen LogP contribution < -0.4 is 10.2 Å². The number of nitrogens with zero attached hydrogens (tertiary/aromatic N) is 2. The van der Waals surface area contributed by atoms with Crippen LogP contribution in [0.5, 0.6) is 0 Å². The number of halogens is 2. The molecule has 5 heteroatoms. The number of aromatic nitrogens is 1. The molecule has 4 rings (SSSR count). The van der Waals surface area contributed by atoms with Crippen LogP contribution in [-0.2, 0) is 0 Å². The molecule has 1 unspecified atom stereocenters. The molecule has 1 N–H and O–H groups in total. The van der Waals surface area contributed by atoms with Crippen LogP contribution in [0.1, 0.15) is 12.0 Å². The predicted octanol–water partition coefficient (Wildman–Crippen LogP) is 5.65. The summed E-state index contributed by atoms with van der Waals surface area (Å²) in [5.74, 6) is 0. The Morgan fingerprint density at radius 2 is 2.12 bits per heavy atom. The van der Waals surface area contributed by atoms with E-state index in [1.54, 1.807) is 6.20 Å². The largest absolute Gasteiger partial charge is 0.379 e. The van der Waals surface area contributed by atoms with Gasteiger partial charge in [0.05, 0.1) is 16.2 Å². The smallest absolute Gasteiger partial charge is 0.0738 e. The maximum atomic E-state index is 6.26. The average molecular weight is 417 g/mol. The molecule has 1 aliphatic heterocycles. The van der Waals surface area contributed by atoms with Gasteiger partial charge in [-0.1, -0.05) is 23.7 Å². The molecule has 0 radical (unpaired) electrons. The average Bonchev–Trinajstić information content (AvgIpc) is 3.05. The third-order valence-corrected chi connectivity index (χ3v) is 5.68. The lowest BCUT2D eigenvalue weighted by atomic mass is 10.1. The molecule has 128 valence electrons. The van der Waals surface area contributed by atoms with E-state index in [0.29, 0.717) is 6.04 Å². The van der Waals surface area contributed by atoms with Gasteiger partial charge in [-0.25, -0.2) is 0 Å². The van der Waals surface area contributed by atoms with Crippen molar-refractivity contribution < 1.29 is 0 Å². The molecule has 2 aromatic carbocycles. The molecular formula is C20H19BrClN3. The fourth-order valence-electron chi connectivity index (χ4n) is 3.40. The fraction of sp³-hybridized carbons (Fsp3) is 0.250. The van der Waals surface area contributed by atoms with Crippen molar-refractivity contribution >= 4 is 49.8 Å². The maximum Gasteiger partial charge on any atom is 0.0738 e. The standard InChI is InChI=1S/C20H19BrClN3/c1-13-3-2-4-15(9-13)25-8-6-14(12-25)24-20-11-19-16(10-17(20)21)18(22)5-7-23-19/h2-5,7,9-11,14,24H,6,8,12H2,1H3. The lowest BCUT2D eigenvalue weighted by Crippen LogP contribution is -2.26. The van der Waals surface area contributed by atoms with Crippen LogP contribution in [0.25, 0.3) is 10.9 Å². The SMILES string of the molecule is Cc1cccc(N2CCC(Nc3cc4nccc(Cl)c4cc3Br)C2)c1. The molecule has 1 atom stereocenters. The van der Waals surface area contributed by atoms with Gasteiger partial charge in [0.15, 0.2) is 0 Å². The summed E-state index contributed by atoms with van der Waals surface area (Å²) in [5.41, 5.74) is 4.58. The highest BCUT2D eigenvalue weighted by Crippen LogP contribution is 2.32. The van der Waals surface area contributed by atoms with Crippen molar-refractivity contribution in [2.75, 3.05) is 23.3 Å². The fourth-order valence-corrected chi connectivity index (χ4v) is 4.07. The van der Waals surface area contributed by atoms with Crippen LogP contribution in [0.15, 0.2) is 53.1 Å². The molecule has 2 heterocycles. The third-order valence-electron chi connectivity index (χ3n) is 4.69. The van der Waals surface area contributed by atoms with Crippen LogP contribution in [0, 0.1) is 6.92 Å². The molecule has 25 heavy (non-hydrogen) atoms. The zero-order valence-electron chi connectivity index (χ0n) is 14.0. The highest BCUT2D eigenvalue weighted by Gasteiger charge is 2.23. The summed E-state index contributed by atoms with van der Waals surface area (Å²) in [7, 11) is 0. The van der Waals surface area contributed by atoms with Gasteiger partial charge in [-0.05, 0) is 65.2 Å². The summed E-state index contributed by atoms with van der Waals surface area (Å²) in [6, 6.07) is 15.0. The lowest BCUT2D eigenvalue weighted by Gasteiger charge is -2.20. The number of fused-ring (bicyclic) bond motifs is 1.